The predicted molar refractivity (Wildman–Crippen MR) is 126 cm³/mol. The predicted octanol–water partition coefficient (Wildman–Crippen LogP) is 4.73. The number of aliphatic carboxylic acids is 1. The lowest BCUT2D eigenvalue weighted by atomic mass is 9.98. The third-order valence-corrected chi connectivity index (χ3v) is 6.32. The number of carboxylic acid groups (broad SMARTS) is 1. The van der Waals surface area contributed by atoms with Crippen LogP contribution >= 0.6 is 11.8 Å². The molecule has 2 aromatic rings. The van der Waals surface area contributed by atoms with E-state index in [0.717, 1.165) is 29.1 Å². The second kappa shape index (κ2) is 12.5. The maximum atomic E-state index is 11.7. The number of rotatable bonds is 13. The van der Waals surface area contributed by atoms with E-state index in [2.05, 4.69) is 0 Å². The first-order chi connectivity index (χ1) is 15.2. The van der Waals surface area contributed by atoms with Crippen LogP contribution in [0.3, 0.4) is 0 Å². The molecule has 0 radical (unpaired) electrons. The molecule has 0 spiro atoms. The summed E-state index contributed by atoms with van der Waals surface area (Å²) in [4.78, 5) is 23.7. The zero-order valence-electron chi connectivity index (χ0n) is 18.8. The molecule has 0 saturated heterocycles. The van der Waals surface area contributed by atoms with E-state index in [9.17, 15) is 19.8 Å². The summed E-state index contributed by atoms with van der Waals surface area (Å²) in [5.74, 6) is -0.544. The van der Waals surface area contributed by atoms with Gasteiger partial charge >= 0.3 is 5.97 Å². The molecule has 3 N–H and O–H groups in total. The van der Waals surface area contributed by atoms with Gasteiger partial charge in [0.25, 0.3) is 0 Å². The first kappa shape index (κ1) is 25.7. The van der Waals surface area contributed by atoms with Crippen molar-refractivity contribution in [1.82, 2.24) is 0 Å². The van der Waals surface area contributed by atoms with Crippen LogP contribution in [-0.4, -0.2) is 45.5 Å². The number of benzene rings is 2. The molecular weight excluding hydrogens is 428 g/mol. The Morgan fingerprint density at radius 3 is 2.59 bits per heavy atom. The van der Waals surface area contributed by atoms with Gasteiger partial charge < -0.3 is 20.1 Å². The minimum Gasteiger partial charge on any atom is -0.507 e. The maximum absolute atomic E-state index is 11.7. The van der Waals surface area contributed by atoms with Gasteiger partial charge in [0.15, 0.2) is 5.78 Å². The number of Topliss-reactive ketones (excluding diaryl/α,β-unsaturated/α-hetero) is 1. The van der Waals surface area contributed by atoms with Gasteiger partial charge in [0.05, 0.1) is 24.2 Å². The molecule has 0 saturated carbocycles. The molecule has 6 nitrogen and oxygen atoms in total. The number of phenolic OH excluding ortho intramolecular Hbond substituents is 1. The van der Waals surface area contributed by atoms with Crippen LogP contribution in [0, 0.1) is 5.92 Å². The van der Waals surface area contributed by atoms with Crippen molar-refractivity contribution in [2.45, 2.75) is 57.5 Å². The molecule has 0 aliphatic rings. The first-order valence-electron chi connectivity index (χ1n) is 10.9. The average Bonchev–Trinajstić information content (AvgIpc) is 2.75. The summed E-state index contributed by atoms with van der Waals surface area (Å²) in [6.45, 7) is 5.43. The molecule has 0 aromatic heterocycles. The summed E-state index contributed by atoms with van der Waals surface area (Å²) < 4.78 is 5.90. The van der Waals surface area contributed by atoms with Crippen LogP contribution in [0.4, 0.5) is 0 Å². The zero-order chi connectivity index (χ0) is 23.7. The van der Waals surface area contributed by atoms with Crippen LogP contribution in [0.25, 0.3) is 0 Å². The second-order valence-corrected chi connectivity index (χ2v) is 9.01. The second-order valence-electron chi connectivity index (χ2n) is 7.84. The molecule has 0 fully saturated rings. The van der Waals surface area contributed by atoms with E-state index in [1.54, 1.807) is 23.9 Å². The van der Waals surface area contributed by atoms with E-state index in [0.29, 0.717) is 36.3 Å². The monoisotopic (exact) mass is 460 g/mol. The zero-order valence-corrected chi connectivity index (χ0v) is 19.7. The number of phenols is 1. The van der Waals surface area contributed by atoms with Gasteiger partial charge in [-0.2, -0.15) is 0 Å². The molecule has 32 heavy (non-hydrogen) atoms. The Morgan fingerprint density at radius 2 is 1.94 bits per heavy atom. The summed E-state index contributed by atoms with van der Waals surface area (Å²) in [5, 5.41) is 29.5. The van der Waals surface area contributed by atoms with E-state index < -0.39 is 18.0 Å². The van der Waals surface area contributed by atoms with Gasteiger partial charge in [0.1, 0.15) is 11.5 Å². The number of ketones is 1. The van der Waals surface area contributed by atoms with Crippen molar-refractivity contribution in [2.24, 2.45) is 5.92 Å². The van der Waals surface area contributed by atoms with Gasteiger partial charge in [-0.3, -0.25) is 9.59 Å². The molecule has 2 atom stereocenters. The highest BCUT2D eigenvalue weighted by atomic mass is 32.2. The van der Waals surface area contributed by atoms with Crippen LogP contribution in [-0.2, 0) is 17.6 Å². The minimum absolute atomic E-state index is 0.0162. The van der Waals surface area contributed by atoms with Crippen LogP contribution in [0.15, 0.2) is 41.3 Å². The standard InChI is InChI=1S/C25H32O6S/c1-4-7-21-23(11-10-20(17(3)26)24(21)28)31-12-6-13-32-19-9-5-8-18(14-19)15-22(27)16(2)25(29)30/h5,8-11,14,16,22,27-28H,4,6-7,12-13,15H2,1-3H3,(H,29,30). The number of carbonyl (C=O) groups is 2. The number of aliphatic hydroxyl groups is 1. The molecule has 0 heterocycles. The highest BCUT2D eigenvalue weighted by molar-refractivity contribution is 7.99. The summed E-state index contributed by atoms with van der Waals surface area (Å²) in [6.07, 6.45) is 1.62. The molecule has 0 aliphatic heterocycles. The van der Waals surface area contributed by atoms with Crippen LogP contribution in [0.2, 0.25) is 0 Å². The Hall–Kier alpha value is -2.51. The number of aromatic hydroxyl groups is 1. The third kappa shape index (κ3) is 7.28. The molecule has 174 valence electrons. The third-order valence-electron chi connectivity index (χ3n) is 5.24. The van der Waals surface area contributed by atoms with E-state index in [4.69, 9.17) is 9.84 Å². The van der Waals surface area contributed by atoms with E-state index in [1.807, 2.05) is 31.2 Å². The van der Waals surface area contributed by atoms with Crippen molar-refractivity contribution in [3.05, 3.63) is 53.1 Å². The van der Waals surface area contributed by atoms with Crippen LogP contribution in [0.1, 0.15) is 55.1 Å². The molecule has 2 unspecified atom stereocenters. The Balaban J connectivity index is 1.88. The number of thioether (sulfide) groups is 1. The van der Waals surface area contributed by atoms with Crippen LogP contribution < -0.4 is 4.74 Å². The lowest BCUT2D eigenvalue weighted by molar-refractivity contribution is -0.144. The van der Waals surface area contributed by atoms with E-state index in [1.165, 1.54) is 13.8 Å². The van der Waals surface area contributed by atoms with Gasteiger partial charge in [0, 0.05) is 16.2 Å². The SMILES string of the molecule is CCCc1c(OCCCSc2cccc(CC(O)C(C)C(=O)O)c2)ccc(C(C)=O)c1O. The van der Waals surface area contributed by atoms with Crippen molar-refractivity contribution in [3.8, 4) is 11.5 Å². The van der Waals surface area contributed by atoms with Crippen molar-refractivity contribution in [3.63, 3.8) is 0 Å². The number of hydrogen-bond acceptors (Lipinski definition) is 6. The topological polar surface area (TPSA) is 104 Å². The molecule has 0 amide bonds. The Labute approximate surface area is 193 Å². The maximum Gasteiger partial charge on any atom is 0.308 e. The van der Waals surface area contributed by atoms with Gasteiger partial charge in [-0.25, -0.2) is 0 Å². The minimum atomic E-state index is -1.01. The Bertz CT molecular complexity index is 927. The van der Waals surface area contributed by atoms with Crippen molar-refractivity contribution < 1.29 is 29.6 Å². The number of carboxylic acids is 1. The first-order valence-corrected chi connectivity index (χ1v) is 11.8. The van der Waals surface area contributed by atoms with Crippen molar-refractivity contribution >= 4 is 23.5 Å². The quantitative estimate of drug-likeness (QED) is 0.225. The Kier molecular flexibility index (Phi) is 10.1. The van der Waals surface area contributed by atoms with Gasteiger partial charge in [-0.1, -0.05) is 25.5 Å². The summed E-state index contributed by atoms with van der Waals surface area (Å²) in [5.41, 5.74) is 1.89. The van der Waals surface area contributed by atoms with Gasteiger partial charge in [-0.15, -0.1) is 11.8 Å². The molecule has 2 rings (SSSR count). The van der Waals surface area contributed by atoms with Crippen molar-refractivity contribution in [2.75, 3.05) is 12.4 Å². The largest absolute Gasteiger partial charge is 0.507 e. The number of carbonyl (C=O) groups excluding carboxylic acids is 1. The molecule has 2 aromatic carbocycles. The van der Waals surface area contributed by atoms with Crippen LogP contribution in [0.5, 0.6) is 11.5 Å². The molecule has 7 heteroatoms. The highest BCUT2D eigenvalue weighted by Crippen LogP contribution is 2.33. The highest BCUT2D eigenvalue weighted by Gasteiger charge is 2.21. The smallest absolute Gasteiger partial charge is 0.308 e. The summed E-state index contributed by atoms with van der Waals surface area (Å²) >= 11 is 1.66. The lowest BCUT2D eigenvalue weighted by Crippen LogP contribution is -2.27. The molecular formula is C25H32O6S. The fourth-order valence-electron chi connectivity index (χ4n) is 3.30. The van der Waals surface area contributed by atoms with Gasteiger partial charge in [-0.05, 0) is 62.9 Å². The van der Waals surface area contributed by atoms with Gasteiger partial charge in [0.2, 0.25) is 0 Å². The van der Waals surface area contributed by atoms with E-state index in [-0.39, 0.29) is 11.5 Å². The molecule has 0 aliphatic carbocycles. The Morgan fingerprint density at radius 1 is 1.19 bits per heavy atom. The van der Waals surface area contributed by atoms with Crippen molar-refractivity contribution in [1.29, 1.82) is 0 Å². The number of aliphatic hydroxyl groups excluding tert-OH is 1. The summed E-state index contributed by atoms with van der Waals surface area (Å²) in [7, 11) is 0. The fourth-order valence-corrected chi connectivity index (χ4v) is 4.21. The lowest BCUT2D eigenvalue weighted by Gasteiger charge is -2.15. The average molecular weight is 461 g/mol. The normalized spacial score (nSPS) is 12.9. The molecule has 0 bridgehead atoms. The summed E-state index contributed by atoms with van der Waals surface area (Å²) in [6, 6.07) is 11.1. The number of hydrogen-bond donors (Lipinski definition) is 3. The van der Waals surface area contributed by atoms with E-state index >= 15 is 0 Å². The fraction of sp³-hybridized carbons (Fsp3) is 0.440. The number of ether oxygens (including phenoxy) is 1.